The molecule has 2 heterocycles. The summed E-state index contributed by atoms with van der Waals surface area (Å²) in [6.45, 7) is 3.79. The van der Waals surface area contributed by atoms with E-state index in [9.17, 15) is 4.79 Å². The smallest absolute Gasteiger partial charge is 0.261 e. The molecule has 1 spiro atoms. The van der Waals surface area contributed by atoms with Crippen LogP contribution in [0.4, 0.5) is 0 Å². The maximum atomic E-state index is 11.8. The van der Waals surface area contributed by atoms with Crippen LogP contribution in [0.3, 0.4) is 0 Å². The predicted octanol–water partition coefficient (Wildman–Crippen LogP) is 2.32. The van der Waals surface area contributed by atoms with Crippen LogP contribution in [0.2, 0.25) is 0 Å². The zero-order valence-electron chi connectivity index (χ0n) is 13.8. The van der Waals surface area contributed by atoms with Crippen LogP contribution in [0.5, 0.6) is 0 Å². The predicted molar refractivity (Wildman–Crippen MR) is 95.1 cm³/mol. The molecule has 1 amide bonds. The molecule has 0 unspecified atom stereocenters. The van der Waals surface area contributed by atoms with Gasteiger partial charge >= 0.3 is 0 Å². The summed E-state index contributed by atoms with van der Waals surface area (Å²) >= 11 is 1.47. The van der Waals surface area contributed by atoms with Gasteiger partial charge in [0.05, 0.1) is 4.88 Å². The number of carbonyl (C=O) groups excluding carboxylic acids is 1. The number of guanidine groups is 1. The minimum absolute atomic E-state index is 0.0239. The van der Waals surface area contributed by atoms with E-state index in [-0.39, 0.29) is 5.91 Å². The molecule has 2 aliphatic rings. The van der Waals surface area contributed by atoms with Crippen molar-refractivity contribution in [1.29, 1.82) is 0 Å². The fourth-order valence-electron chi connectivity index (χ4n) is 3.52. The van der Waals surface area contributed by atoms with Crippen LogP contribution < -0.4 is 10.6 Å². The van der Waals surface area contributed by atoms with Gasteiger partial charge < -0.3 is 15.5 Å². The van der Waals surface area contributed by atoms with E-state index in [0.717, 1.165) is 36.9 Å². The molecule has 1 saturated heterocycles. The Labute approximate surface area is 142 Å². The molecule has 0 radical (unpaired) electrons. The monoisotopic (exact) mass is 334 g/mol. The molecule has 126 valence electrons. The molecule has 1 aromatic heterocycles. The number of carbonyl (C=O) groups is 1. The molecule has 0 bridgehead atoms. The number of nitrogens with zero attached hydrogens (tertiary/aromatic N) is 2. The molecule has 0 atom stereocenters. The minimum atomic E-state index is 0.0239. The fraction of sp³-hybridized carbons (Fsp3) is 0.647. The van der Waals surface area contributed by atoms with Gasteiger partial charge in [-0.2, -0.15) is 0 Å². The van der Waals surface area contributed by atoms with E-state index in [1.807, 2.05) is 24.6 Å². The second-order valence-corrected chi connectivity index (χ2v) is 7.53. The summed E-state index contributed by atoms with van der Waals surface area (Å²) in [6.07, 6.45) is 6.37. The molecule has 1 aliphatic heterocycles. The normalized spacial score (nSPS) is 19.7. The zero-order chi connectivity index (χ0) is 16.1. The Kier molecular flexibility index (Phi) is 5.20. The lowest BCUT2D eigenvalue weighted by Crippen LogP contribution is -2.43. The van der Waals surface area contributed by atoms with E-state index in [4.69, 9.17) is 0 Å². The number of rotatable bonds is 5. The molecule has 3 rings (SSSR count). The van der Waals surface area contributed by atoms with Crippen LogP contribution >= 0.6 is 11.3 Å². The van der Waals surface area contributed by atoms with E-state index in [1.54, 1.807) is 0 Å². The van der Waals surface area contributed by atoms with Crippen LogP contribution in [-0.4, -0.2) is 50.0 Å². The van der Waals surface area contributed by atoms with Crippen molar-refractivity contribution in [3.8, 4) is 0 Å². The van der Waals surface area contributed by atoms with Crippen LogP contribution in [-0.2, 0) is 0 Å². The Balaban J connectivity index is 1.34. The highest BCUT2D eigenvalue weighted by Crippen LogP contribution is 2.47. The average Bonchev–Trinajstić information content (AvgIpc) is 3.19. The summed E-state index contributed by atoms with van der Waals surface area (Å²) in [7, 11) is 1.85. The lowest BCUT2D eigenvalue weighted by Gasteiger charge is -2.38. The first kappa shape index (κ1) is 16.3. The summed E-state index contributed by atoms with van der Waals surface area (Å²) in [6, 6.07) is 3.75. The highest BCUT2D eigenvalue weighted by atomic mass is 32.1. The van der Waals surface area contributed by atoms with Crippen molar-refractivity contribution in [2.45, 2.75) is 32.1 Å². The molecular formula is C17H26N4OS. The zero-order valence-corrected chi connectivity index (χ0v) is 14.6. The summed E-state index contributed by atoms with van der Waals surface area (Å²) in [4.78, 5) is 19.4. The summed E-state index contributed by atoms with van der Waals surface area (Å²) in [5.74, 6) is 1.04. The minimum Gasteiger partial charge on any atom is -0.356 e. The van der Waals surface area contributed by atoms with E-state index in [2.05, 4.69) is 20.5 Å². The maximum Gasteiger partial charge on any atom is 0.261 e. The molecule has 6 heteroatoms. The lowest BCUT2D eigenvalue weighted by atomic mass is 9.68. The van der Waals surface area contributed by atoms with Gasteiger partial charge in [-0.05, 0) is 42.5 Å². The fourth-order valence-corrected chi connectivity index (χ4v) is 4.16. The van der Waals surface area contributed by atoms with Crippen molar-refractivity contribution in [2.24, 2.45) is 10.4 Å². The van der Waals surface area contributed by atoms with Gasteiger partial charge in [-0.3, -0.25) is 9.79 Å². The summed E-state index contributed by atoms with van der Waals surface area (Å²) in [5, 5.41) is 8.31. The molecule has 1 aliphatic carbocycles. The van der Waals surface area contributed by atoms with Crippen LogP contribution in [0, 0.1) is 5.41 Å². The van der Waals surface area contributed by atoms with E-state index < -0.39 is 0 Å². The van der Waals surface area contributed by atoms with Gasteiger partial charge in [0.2, 0.25) is 0 Å². The van der Waals surface area contributed by atoms with E-state index in [0.29, 0.717) is 12.0 Å². The van der Waals surface area contributed by atoms with Gasteiger partial charge in [0, 0.05) is 33.2 Å². The molecule has 2 N–H and O–H groups in total. The largest absolute Gasteiger partial charge is 0.356 e. The Hall–Kier alpha value is -1.56. The van der Waals surface area contributed by atoms with Gasteiger partial charge in [-0.1, -0.05) is 12.5 Å². The van der Waals surface area contributed by atoms with E-state index >= 15 is 0 Å². The van der Waals surface area contributed by atoms with Gasteiger partial charge in [-0.25, -0.2) is 0 Å². The molecule has 0 aromatic carbocycles. The van der Waals surface area contributed by atoms with Crippen LogP contribution in [0.25, 0.3) is 0 Å². The second kappa shape index (κ2) is 7.34. The van der Waals surface area contributed by atoms with Crippen molar-refractivity contribution in [3.63, 3.8) is 0 Å². The third-order valence-electron chi connectivity index (χ3n) is 5.03. The van der Waals surface area contributed by atoms with Gasteiger partial charge in [0.1, 0.15) is 0 Å². The number of likely N-dealkylation sites (tertiary alicyclic amines) is 1. The number of nitrogens with one attached hydrogen (secondary N) is 2. The summed E-state index contributed by atoms with van der Waals surface area (Å²) in [5.41, 5.74) is 0.590. The maximum absolute atomic E-state index is 11.8. The number of hydrogen-bond acceptors (Lipinski definition) is 3. The number of thiophene rings is 1. The molecule has 5 nitrogen and oxygen atoms in total. The van der Waals surface area contributed by atoms with Crippen molar-refractivity contribution < 1.29 is 4.79 Å². The first-order valence-electron chi connectivity index (χ1n) is 8.50. The number of aliphatic imine (C=N–C) groups is 1. The Morgan fingerprint density at radius 2 is 2.17 bits per heavy atom. The van der Waals surface area contributed by atoms with Crippen molar-refractivity contribution in [2.75, 3.05) is 33.2 Å². The third-order valence-corrected chi connectivity index (χ3v) is 5.90. The quantitative estimate of drug-likeness (QED) is 0.494. The van der Waals surface area contributed by atoms with Crippen LogP contribution in [0.1, 0.15) is 41.8 Å². The highest BCUT2D eigenvalue weighted by Gasteiger charge is 2.43. The lowest BCUT2D eigenvalue weighted by molar-refractivity contribution is 0.0957. The first-order valence-corrected chi connectivity index (χ1v) is 9.38. The topological polar surface area (TPSA) is 56.7 Å². The summed E-state index contributed by atoms with van der Waals surface area (Å²) < 4.78 is 0. The third kappa shape index (κ3) is 3.86. The van der Waals surface area contributed by atoms with Gasteiger partial charge in [-0.15, -0.1) is 11.3 Å². The highest BCUT2D eigenvalue weighted by molar-refractivity contribution is 7.12. The van der Waals surface area contributed by atoms with Crippen molar-refractivity contribution >= 4 is 23.2 Å². The van der Waals surface area contributed by atoms with E-state index in [1.165, 1.54) is 37.0 Å². The molecular weight excluding hydrogens is 308 g/mol. The molecule has 1 saturated carbocycles. The molecule has 1 aromatic rings. The second-order valence-electron chi connectivity index (χ2n) is 6.59. The van der Waals surface area contributed by atoms with Crippen molar-refractivity contribution in [3.05, 3.63) is 22.4 Å². The number of amides is 1. The Morgan fingerprint density at radius 1 is 1.35 bits per heavy atom. The SMILES string of the molecule is CN=C(NCCCNC(=O)c1cccs1)N1CCC2(CCC2)C1. The number of hydrogen-bond donors (Lipinski definition) is 2. The van der Waals surface area contributed by atoms with Gasteiger partial charge in [0.15, 0.2) is 5.96 Å². The Morgan fingerprint density at radius 3 is 2.78 bits per heavy atom. The molecule has 2 fully saturated rings. The van der Waals surface area contributed by atoms with Crippen LogP contribution in [0.15, 0.2) is 22.5 Å². The standard InChI is InChI=1S/C17H26N4OS/c1-18-16(21-11-8-17(13-21)6-3-7-17)20-10-4-9-19-15(22)14-5-2-12-23-14/h2,5,12H,3-4,6-11,13H2,1H3,(H,18,20)(H,19,22). The Bertz CT molecular complexity index is 551. The first-order chi connectivity index (χ1) is 11.2. The van der Waals surface area contributed by atoms with Crippen molar-refractivity contribution in [1.82, 2.24) is 15.5 Å². The molecule has 23 heavy (non-hydrogen) atoms. The average molecular weight is 334 g/mol. The van der Waals surface area contributed by atoms with Gasteiger partial charge in [0.25, 0.3) is 5.91 Å².